The maximum Gasteiger partial charge on any atom is 0.230 e. The van der Waals surface area contributed by atoms with Crippen LogP contribution >= 0.6 is 12.2 Å². The molecule has 1 aromatic carbocycles. The van der Waals surface area contributed by atoms with E-state index in [1.54, 1.807) is 0 Å². The van der Waals surface area contributed by atoms with Crippen molar-refractivity contribution in [2.75, 3.05) is 18.0 Å². The van der Waals surface area contributed by atoms with Crippen LogP contribution in [-0.2, 0) is 0 Å². The summed E-state index contributed by atoms with van der Waals surface area (Å²) in [6, 6.07) is 10.1. The van der Waals surface area contributed by atoms with Crippen molar-refractivity contribution in [1.82, 2.24) is 14.8 Å². The molecule has 0 radical (unpaired) electrons. The van der Waals surface area contributed by atoms with Crippen molar-refractivity contribution in [2.45, 2.75) is 13.3 Å². The van der Waals surface area contributed by atoms with Crippen LogP contribution in [0.15, 0.2) is 30.3 Å². The van der Waals surface area contributed by atoms with Crippen LogP contribution in [-0.4, -0.2) is 27.9 Å². The molecule has 1 saturated heterocycles. The van der Waals surface area contributed by atoms with Gasteiger partial charge in [0.05, 0.1) is 5.69 Å². The van der Waals surface area contributed by atoms with Gasteiger partial charge >= 0.3 is 0 Å². The number of nitrogens with zero attached hydrogens (tertiary/aromatic N) is 3. The Morgan fingerprint density at radius 3 is 2.78 bits per heavy atom. The molecule has 1 aliphatic rings. The smallest absolute Gasteiger partial charge is 0.230 e. The summed E-state index contributed by atoms with van der Waals surface area (Å²) < 4.78 is 2.66. The number of aromatic amines is 1. The lowest BCUT2D eigenvalue weighted by atomic mass is 10.2. The first-order chi connectivity index (χ1) is 8.75. The Morgan fingerprint density at radius 1 is 1.33 bits per heavy atom. The van der Waals surface area contributed by atoms with Crippen LogP contribution in [0.2, 0.25) is 0 Å². The molecular weight excluding hydrogens is 244 g/mol. The Hall–Kier alpha value is -1.62. The van der Waals surface area contributed by atoms with Gasteiger partial charge < -0.3 is 4.90 Å². The average Bonchev–Trinajstić information content (AvgIpc) is 2.96. The van der Waals surface area contributed by atoms with E-state index in [-0.39, 0.29) is 0 Å². The molecule has 1 atom stereocenters. The van der Waals surface area contributed by atoms with Gasteiger partial charge in [0.2, 0.25) is 10.7 Å². The molecule has 94 valence electrons. The minimum Gasteiger partial charge on any atom is -0.340 e. The van der Waals surface area contributed by atoms with Crippen molar-refractivity contribution in [2.24, 2.45) is 5.92 Å². The molecule has 1 fully saturated rings. The van der Waals surface area contributed by atoms with Crippen LogP contribution in [0, 0.1) is 10.7 Å². The molecule has 1 N–H and O–H groups in total. The third-order valence-corrected chi connectivity index (χ3v) is 3.65. The maximum atomic E-state index is 5.34. The van der Waals surface area contributed by atoms with Gasteiger partial charge in [0.1, 0.15) is 0 Å². The van der Waals surface area contributed by atoms with Crippen LogP contribution in [0.3, 0.4) is 0 Å². The van der Waals surface area contributed by atoms with Crippen LogP contribution in [0.5, 0.6) is 0 Å². The van der Waals surface area contributed by atoms with Crippen LogP contribution in [0.1, 0.15) is 13.3 Å². The number of H-pyrrole nitrogens is 1. The quantitative estimate of drug-likeness (QED) is 0.844. The van der Waals surface area contributed by atoms with E-state index >= 15 is 0 Å². The fraction of sp³-hybridized carbons (Fsp3) is 0.385. The van der Waals surface area contributed by atoms with Crippen molar-refractivity contribution in [3.63, 3.8) is 0 Å². The Bertz CT molecular complexity index is 587. The molecule has 0 amide bonds. The first kappa shape index (κ1) is 11.5. The zero-order chi connectivity index (χ0) is 12.5. The molecule has 1 unspecified atom stereocenters. The predicted octanol–water partition coefficient (Wildman–Crippen LogP) is 2.78. The standard InChI is InChI=1S/C13H16N4S/c1-10-7-8-16(9-10)12-14-15-13(18)17(12)11-5-3-2-4-6-11/h2-6,10H,7-9H2,1H3,(H,15,18). The van der Waals surface area contributed by atoms with Crippen LogP contribution < -0.4 is 4.90 Å². The number of benzene rings is 1. The van der Waals surface area contributed by atoms with Crippen LogP contribution in [0.4, 0.5) is 5.95 Å². The Kier molecular flexibility index (Phi) is 2.91. The number of anilines is 1. The van der Waals surface area contributed by atoms with Crippen molar-refractivity contribution in [3.05, 3.63) is 35.1 Å². The lowest BCUT2D eigenvalue weighted by Gasteiger charge is -2.17. The second kappa shape index (κ2) is 4.57. The summed E-state index contributed by atoms with van der Waals surface area (Å²) in [5.74, 6) is 1.65. The molecule has 1 aliphatic heterocycles. The topological polar surface area (TPSA) is 36.9 Å². The number of hydrogen-bond acceptors (Lipinski definition) is 3. The van der Waals surface area contributed by atoms with E-state index in [0.29, 0.717) is 4.77 Å². The Balaban J connectivity index is 2.05. The lowest BCUT2D eigenvalue weighted by molar-refractivity contribution is 0.657. The van der Waals surface area contributed by atoms with E-state index in [4.69, 9.17) is 12.2 Å². The monoisotopic (exact) mass is 260 g/mol. The lowest BCUT2D eigenvalue weighted by Crippen LogP contribution is -2.22. The summed E-state index contributed by atoms with van der Waals surface area (Å²) in [6.45, 7) is 4.37. The molecule has 0 aliphatic carbocycles. The van der Waals surface area contributed by atoms with E-state index in [1.165, 1.54) is 6.42 Å². The SMILES string of the molecule is CC1CCN(c2n[nH]c(=S)n2-c2ccccc2)C1. The summed E-state index contributed by atoms with van der Waals surface area (Å²) in [6.07, 6.45) is 1.22. The zero-order valence-corrected chi connectivity index (χ0v) is 11.2. The van der Waals surface area contributed by atoms with Gasteiger partial charge in [-0.25, -0.2) is 5.10 Å². The third-order valence-electron chi connectivity index (χ3n) is 3.38. The molecule has 3 rings (SSSR count). The normalized spacial score (nSPS) is 19.4. The van der Waals surface area contributed by atoms with Crippen LogP contribution in [0.25, 0.3) is 5.69 Å². The van der Waals surface area contributed by atoms with Crippen molar-refractivity contribution >= 4 is 18.2 Å². The van der Waals surface area contributed by atoms with E-state index < -0.39 is 0 Å². The number of para-hydroxylation sites is 1. The fourth-order valence-corrected chi connectivity index (χ4v) is 2.66. The number of aromatic nitrogens is 3. The van der Waals surface area contributed by atoms with Gasteiger partial charge in [-0.15, -0.1) is 5.10 Å². The number of rotatable bonds is 2. The highest BCUT2D eigenvalue weighted by atomic mass is 32.1. The zero-order valence-electron chi connectivity index (χ0n) is 10.3. The number of hydrogen-bond donors (Lipinski definition) is 1. The molecular formula is C13H16N4S. The van der Waals surface area contributed by atoms with Gasteiger partial charge in [0, 0.05) is 13.1 Å². The van der Waals surface area contributed by atoms with Gasteiger partial charge in [-0.05, 0) is 36.7 Å². The molecule has 0 saturated carbocycles. The second-order valence-corrected chi connectivity index (χ2v) is 5.23. The molecule has 1 aromatic heterocycles. The first-order valence-electron chi connectivity index (χ1n) is 6.23. The average molecular weight is 260 g/mol. The molecule has 0 bridgehead atoms. The third kappa shape index (κ3) is 1.95. The van der Waals surface area contributed by atoms with Gasteiger partial charge in [-0.2, -0.15) is 0 Å². The minimum absolute atomic E-state index is 0.649. The van der Waals surface area contributed by atoms with Crippen molar-refractivity contribution in [1.29, 1.82) is 0 Å². The van der Waals surface area contributed by atoms with Gasteiger partial charge in [0.15, 0.2) is 0 Å². The highest BCUT2D eigenvalue weighted by molar-refractivity contribution is 7.71. The van der Waals surface area contributed by atoms with Gasteiger partial charge in [0.25, 0.3) is 0 Å². The largest absolute Gasteiger partial charge is 0.340 e. The number of nitrogens with one attached hydrogen (secondary N) is 1. The summed E-state index contributed by atoms with van der Waals surface area (Å²) in [7, 11) is 0. The first-order valence-corrected chi connectivity index (χ1v) is 6.64. The Morgan fingerprint density at radius 2 is 2.11 bits per heavy atom. The molecule has 2 heterocycles. The molecule has 18 heavy (non-hydrogen) atoms. The van der Waals surface area contributed by atoms with Gasteiger partial charge in [-0.1, -0.05) is 25.1 Å². The summed E-state index contributed by atoms with van der Waals surface area (Å²) in [5, 5.41) is 7.28. The summed E-state index contributed by atoms with van der Waals surface area (Å²) in [5.41, 5.74) is 1.06. The van der Waals surface area contributed by atoms with E-state index in [1.807, 2.05) is 34.9 Å². The summed E-state index contributed by atoms with van der Waals surface area (Å²) >= 11 is 5.34. The molecule has 0 spiro atoms. The second-order valence-electron chi connectivity index (χ2n) is 4.84. The van der Waals surface area contributed by atoms with E-state index in [2.05, 4.69) is 22.0 Å². The highest BCUT2D eigenvalue weighted by Gasteiger charge is 2.23. The molecule has 5 heteroatoms. The van der Waals surface area contributed by atoms with E-state index in [0.717, 1.165) is 30.6 Å². The summed E-state index contributed by atoms with van der Waals surface area (Å²) in [4.78, 5) is 2.30. The molecule has 4 nitrogen and oxygen atoms in total. The van der Waals surface area contributed by atoms with E-state index in [9.17, 15) is 0 Å². The minimum atomic E-state index is 0.649. The van der Waals surface area contributed by atoms with Gasteiger partial charge in [-0.3, -0.25) is 4.57 Å². The van der Waals surface area contributed by atoms with Crippen molar-refractivity contribution in [3.8, 4) is 5.69 Å². The highest BCUT2D eigenvalue weighted by Crippen LogP contribution is 2.24. The maximum absolute atomic E-state index is 5.34. The fourth-order valence-electron chi connectivity index (χ4n) is 2.43. The Labute approximate surface area is 111 Å². The molecule has 2 aromatic rings. The van der Waals surface area contributed by atoms with Crippen molar-refractivity contribution < 1.29 is 0 Å². The predicted molar refractivity (Wildman–Crippen MR) is 74.7 cm³/mol.